The predicted octanol–water partition coefficient (Wildman–Crippen LogP) is 3.15. The van der Waals surface area contributed by atoms with E-state index in [1.807, 2.05) is 22.8 Å². The highest BCUT2D eigenvalue weighted by Gasteiger charge is 2.20. The molecule has 1 aliphatic rings. The molecule has 4 rings (SSSR count). The van der Waals surface area contributed by atoms with Gasteiger partial charge < -0.3 is 19.5 Å². The van der Waals surface area contributed by atoms with Gasteiger partial charge in [-0.1, -0.05) is 0 Å². The van der Waals surface area contributed by atoms with Crippen LogP contribution in [0.3, 0.4) is 0 Å². The summed E-state index contributed by atoms with van der Waals surface area (Å²) in [4.78, 5) is 13.3. The lowest BCUT2D eigenvalue weighted by molar-refractivity contribution is -0.0298. The molecule has 0 saturated carbocycles. The molecular weight excluding hydrogens is 346 g/mol. The molecule has 0 radical (unpaired) electrons. The molecule has 1 aliphatic heterocycles. The summed E-state index contributed by atoms with van der Waals surface area (Å²) >= 11 is 0. The van der Waals surface area contributed by atoms with Crippen LogP contribution in [0, 0.1) is 0 Å². The first kappa shape index (κ1) is 17.5. The lowest BCUT2D eigenvalue weighted by Gasteiger charge is -2.23. The minimum atomic E-state index is -0.00928. The van der Waals surface area contributed by atoms with Crippen molar-refractivity contribution in [2.24, 2.45) is 0 Å². The number of aromatic nitrogens is 4. The Bertz CT molecular complexity index is 921. The highest BCUT2D eigenvalue weighted by atomic mass is 16.5. The van der Waals surface area contributed by atoms with Gasteiger partial charge >= 0.3 is 0 Å². The third kappa shape index (κ3) is 3.52. The lowest BCUT2D eigenvalue weighted by atomic mass is 10.2. The fraction of sp³-hybridized carbons (Fsp3) is 0.421. The zero-order valence-corrected chi connectivity index (χ0v) is 15.5. The van der Waals surface area contributed by atoms with Crippen molar-refractivity contribution in [1.82, 2.24) is 19.5 Å². The van der Waals surface area contributed by atoms with Crippen LogP contribution in [0.2, 0.25) is 0 Å². The van der Waals surface area contributed by atoms with Gasteiger partial charge in [0.25, 0.3) is 0 Å². The fourth-order valence-corrected chi connectivity index (χ4v) is 3.33. The quantitative estimate of drug-likeness (QED) is 0.714. The second kappa shape index (κ2) is 7.79. The Balaban J connectivity index is 1.59. The molecule has 2 aromatic heterocycles. The summed E-state index contributed by atoms with van der Waals surface area (Å²) in [7, 11) is 3.30. The summed E-state index contributed by atoms with van der Waals surface area (Å²) < 4.78 is 18.6. The largest absolute Gasteiger partial charge is 0.497 e. The van der Waals surface area contributed by atoms with E-state index in [0.717, 1.165) is 54.1 Å². The van der Waals surface area contributed by atoms with Crippen molar-refractivity contribution in [3.05, 3.63) is 36.4 Å². The predicted molar refractivity (Wildman–Crippen MR) is 101 cm³/mol. The van der Waals surface area contributed by atoms with Crippen LogP contribution in [0.1, 0.15) is 31.1 Å². The topological polar surface area (TPSA) is 83.3 Å². The molecule has 0 amide bonds. The van der Waals surface area contributed by atoms with Crippen LogP contribution in [-0.4, -0.2) is 40.3 Å². The summed E-state index contributed by atoms with van der Waals surface area (Å²) in [6, 6.07) is 5.70. The van der Waals surface area contributed by atoms with Crippen molar-refractivity contribution < 1.29 is 14.2 Å². The van der Waals surface area contributed by atoms with E-state index in [9.17, 15) is 0 Å². The summed E-state index contributed by atoms with van der Waals surface area (Å²) in [5, 5.41) is 3.34. The van der Waals surface area contributed by atoms with Gasteiger partial charge in [-0.15, -0.1) is 0 Å². The van der Waals surface area contributed by atoms with E-state index >= 15 is 0 Å². The van der Waals surface area contributed by atoms with E-state index in [-0.39, 0.29) is 6.23 Å². The minimum absolute atomic E-state index is 0.00928. The Morgan fingerprint density at radius 1 is 1.19 bits per heavy atom. The number of ether oxygens (including phenoxy) is 3. The third-order valence-corrected chi connectivity index (χ3v) is 4.76. The third-order valence-electron chi connectivity index (χ3n) is 4.76. The number of rotatable bonds is 6. The van der Waals surface area contributed by atoms with Gasteiger partial charge in [-0.05, 0) is 37.5 Å². The van der Waals surface area contributed by atoms with E-state index in [4.69, 9.17) is 14.2 Å². The van der Waals surface area contributed by atoms with E-state index in [0.29, 0.717) is 12.4 Å². The zero-order chi connectivity index (χ0) is 18.6. The van der Waals surface area contributed by atoms with E-state index < -0.39 is 0 Å². The number of nitrogens with zero attached hydrogens (tertiary/aromatic N) is 4. The second-order valence-corrected chi connectivity index (χ2v) is 6.40. The molecule has 27 heavy (non-hydrogen) atoms. The molecule has 1 aromatic carbocycles. The molecule has 0 bridgehead atoms. The maximum Gasteiger partial charge on any atom is 0.167 e. The first-order chi connectivity index (χ1) is 13.3. The van der Waals surface area contributed by atoms with Crippen LogP contribution >= 0.6 is 0 Å². The highest BCUT2D eigenvalue weighted by molar-refractivity contribution is 5.82. The van der Waals surface area contributed by atoms with Crippen molar-refractivity contribution in [2.75, 3.05) is 26.1 Å². The molecule has 1 N–H and O–H groups in total. The van der Waals surface area contributed by atoms with Crippen LogP contribution in [0.5, 0.6) is 11.5 Å². The Morgan fingerprint density at radius 3 is 2.89 bits per heavy atom. The SMILES string of the molecule is COc1ccc(OC)c(CNc2ncnc3c2ncn3C2CCCCO2)c1. The Morgan fingerprint density at radius 2 is 2.11 bits per heavy atom. The lowest BCUT2D eigenvalue weighted by Crippen LogP contribution is -2.17. The summed E-state index contributed by atoms with van der Waals surface area (Å²) in [5.74, 6) is 2.24. The summed E-state index contributed by atoms with van der Waals surface area (Å²) in [6.07, 6.45) is 6.55. The first-order valence-corrected chi connectivity index (χ1v) is 9.04. The molecule has 1 fully saturated rings. The molecule has 1 saturated heterocycles. The molecule has 8 nitrogen and oxygen atoms in total. The van der Waals surface area contributed by atoms with Gasteiger partial charge in [-0.25, -0.2) is 15.0 Å². The number of anilines is 1. The van der Waals surface area contributed by atoms with Gasteiger partial charge in [-0.3, -0.25) is 4.57 Å². The molecular formula is C19H23N5O3. The van der Waals surface area contributed by atoms with Gasteiger partial charge in [0.15, 0.2) is 17.0 Å². The number of methoxy groups -OCH3 is 2. The number of hydrogen-bond acceptors (Lipinski definition) is 7. The van der Waals surface area contributed by atoms with Crippen LogP contribution in [0.4, 0.5) is 5.82 Å². The molecule has 8 heteroatoms. The fourth-order valence-electron chi connectivity index (χ4n) is 3.33. The number of hydrogen-bond donors (Lipinski definition) is 1. The summed E-state index contributed by atoms with van der Waals surface area (Å²) in [5.41, 5.74) is 2.48. The van der Waals surface area contributed by atoms with Gasteiger partial charge in [0.1, 0.15) is 24.1 Å². The molecule has 1 atom stereocenters. The van der Waals surface area contributed by atoms with Crippen LogP contribution < -0.4 is 14.8 Å². The van der Waals surface area contributed by atoms with Gasteiger partial charge in [0.2, 0.25) is 0 Å². The first-order valence-electron chi connectivity index (χ1n) is 9.04. The monoisotopic (exact) mass is 369 g/mol. The molecule has 3 aromatic rings. The van der Waals surface area contributed by atoms with Gasteiger partial charge in [0, 0.05) is 18.7 Å². The van der Waals surface area contributed by atoms with Crippen LogP contribution in [0.25, 0.3) is 11.2 Å². The number of benzene rings is 1. The van der Waals surface area contributed by atoms with Crippen LogP contribution in [-0.2, 0) is 11.3 Å². The van der Waals surface area contributed by atoms with Crippen molar-refractivity contribution in [1.29, 1.82) is 0 Å². The standard InChI is InChI=1S/C19H23N5O3/c1-25-14-6-7-15(26-2)13(9-14)10-20-18-17-19(22-11-21-18)24(12-23-17)16-5-3-4-8-27-16/h6-7,9,11-12,16H,3-5,8,10H2,1-2H3,(H,20,21,22). The number of imidazole rings is 1. The van der Waals surface area contributed by atoms with Crippen molar-refractivity contribution >= 4 is 17.0 Å². The van der Waals surface area contributed by atoms with Gasteiger partial charge in [0.05, 0.1) is 20.5 Å². The number of nitrogens with one attached hydrogen (secondary N) is 1. The maximum absolute atomic E-state index is 5.87. The van der Waals surface area contributed by atoms with Gasteiger partial charge in [-0.2, -0.15) is 0 Å². The average Bonchev–Trinajstić information content (AvgIpc) is 3.17. The van der Waals surface area contributed by atoms with Crippen molar-refractivity contribution in [3.63, 3.8) is 0 Å². The maximum atomic E-state index is 5.87. The second-order valence-electron chi connectivity index (χ2n) is 6.40. The van der Waals surface area contributed by atoms with E-state index in [2.05, 4.69) is 20.3 Å². The normalized spacial score (nSPS) is 17.0. The van der Waals surface area contributed by atoms with Crippen molar-refractivity contribution in [3.8, 4) is 11.5 Å². The molecule has 0 spiro atoms. The van der Waals surface area contributed by atoms with Crippen molar-refractivity contribution in [2.45, 2.75) is 32.0 Å². The van der Waals surface area contributed by atoms with E-state index in [1.165, 1.54) is 0 Å². The Hall–Kier alpha value is -2.87. The smallest absolute Gasteiger partial charge is 0.167 e. The van der Waals surface area contributed by atoms with E-state index in [1.54, 1.807) is 26.9 Å². The minimum Gasteiger partial charge on any atom is -0.497 e. The molecule has 142 valence electrons. The average molecular weight is 369 g/mol. The molecule has 1 unspecified atom stereocenters. The molecule has 3 heterocycles. The Labute approximate surface area is 157 Å². The Kier molecular flexibility index (Phi) is 5.06. The molecule has 0 aliphatic carbocycles. The zero-order valence-electron chi connectivity index (χ0n) is 15.5. The highest BCUT2D eigenvalue weighted by Crippen LogP contribution is 2.28. The van der Waals surface area contributed by atoms with Crippen LogP contribution in [0.15, 0.2) is 30.9 Å². The summed E-state index contributed by atoms with van der Waals surface area (Å²) in [6.45, 7) is 1.30. The number of fused-ring (bicyclic) bond motifs is 1.